The highest BCUT2D eigenvalue weighted by Crippen LogP contribution is 2.45. The van der Waals surface area contributed by atoms with Crippen LogP contribution in [0.25, 0.3) is 54.9 Å². The minimum Gasteiger partial charge on any atom is -0.481 e. The number of fused-ring (bicyclic) bond motifs is 2. The first-order valence-electron chi connectivity index (χ1n) is 12.5. The largest absolute Gasteiger partial charge is 0.481 e. The molecule has 0 saturated carbocycles. The molecule has 0 aliphatic rings. The van der Waals surface area contributed by atoms with Gasteiger partial charge in [0.15, 0.2) is 0 Å². The van der Waals surface area contributed by atoms with Gasteiger partial charge in [0.05, 0.1) is 5.92 Å². The van der Waals surface area contributed by atoms with Crippen molar-refractivity contribution in [3.8, 4) is 33.4 Å². The lowest BCUT2D eigenvalue weighted by Gasteiger charge is -2.22. The zero-order valence-electron chi connectivity index (χ0n) is 20.6. The average molecular weight is 479 g/mol. The first kappa shape index (κ1) is 22.8. The smallest absolute Gasteiger partial charge is 0.310 e. The summed E-state index contributed by atoms with van der Waals surface area (Å²) in [7, 11) is 0. The number of hydrogen-bond donors (Lipinski definition) is 1. The maximum Gasteiger partial charge on any atom is 0.310 e. The maximum absolute atomic E-state index is 12.1. The van der Waals surface area contributed by atoms with Crippen molar-refractivity contribution in [3.05, 3.63) is 133 Å². The molecule has 6 aromatic rings. The van der Waals surface area contributed by atoms with E-state index in [4.69, 9.17) is 0 Å². The monoisotopic (exact) mass is 478 g/mol. The van der Waals surface area contributed by atoms with E-state index in [1.807, 2.05) is 18.2 Å². The summed E-state index contributed by atoms with van der Waals surface area (Å²) in [6, 6.07) is 44.0. The molecule has 0 aliphatic carbocycles. The molecule has 0 spiro atoms. The highest BCUT2D eigenvalue weighted by atomic mass is 16.4. The summed E-state index contributed by atoms with van der Waals surface area (Å²) in [5.41, 5.74) is 7.26. The van der Waals surface area contributed by atoms with Crippen LogP contribution in [-0.2, 0) is 4.79 Å². The molecule has 2 heteroatoms. The van der Waals surface area contributed by atoms with Crippen molar-refractivity contribution in [2.45, 2.75) is 12.8 Å². The molecule has 0 saturated heterocycles. The lowest BCUT2D eigenvalue weighted by atomic mass is 9.81. The zero-order valence-corrected chi connectivity index (χ0v) is 20.6. The van der Waals surface area contributed by atoms with E-state index in [9.17, 15) is 9.90 Å². The Labute approximate surface area is 216 Å². The second-order valence-electron chi connectivity index (χ2n) is 9.43. The Kier molecular flexibility index (Phi) is 5.78. The van der Waals surface area contributed by atoms with Gasteiger partial charge in [0.25, 0.3) is 0 Å². The van der Waals surface area contributed by atoms with E-state index >= 15 is 0 Å². The summed E-state index contributed by atoms with van der Waals surface area (Å²) in [4.78, 5) is 12.1. The predicted molar refractivity (Wildman–Crippen MR) is 154 cm³/mol. The average Bonchev–Trinajstić information content (AvgIpc) is 2.95. The third-order valence-corrected chi connectivity index (χ3v) is 7.29. The Bertz CT molecular complexity index is 1670. The van der Waals surface area contributed by atoms with Gasteiger partial charge in [0, 0.05) is 0 Å². The normalized spacial score (nSPS) is 12.0. The second kappa shape index (κ2) is 9.40. The molecule has 0 heterocycles. The van der Waals surface area contributed by atoms with Crippen molar-refractivity contribution in [1.82, 2.24) is 0 Å². The summed E-state index contributed by atoms with van der Waals surface area (Å²) < 4.78 is 0. The second-order valence-corrected chi connectivity index (χ2v) is 9.43. The molecule has 0 amide bonds. The van der Waals surface area contributed by atoms with Crippen molar-refractivity contribution < 1.29 is 9.90 Å². The number of carbonyl (C=O) groups is 1. The Hall–Kier alpha value is -4.69. The Morgan fingerprint density at radius 1 is 0.514 bits per heavy atom. The number of hydrogen-bond acceptors (Lipinski definition) is 1. The molecule has 2 nitrogen and oxygen atoms in total. The molecule has 1 N–H and O–H groups in total. The van der Waals surface area contributed by atoms with Crippen molar-refractivity contribution >= 4 is 27.5 Å². The molecule has 0 fully saturated rings. The summed E-state index contributed by atoms with van der Waals surface area (Å²) in [6.45, 7) is 1.76. The van der Waals surface area contributed by atoms with E-state index in [2.05, 4.69) is 109 Å². The van der Waals surface area contributed by atoms with Crippen LogP contribution in [0.1, 0.15) is 18.4 Å². The molecule has 37 heavy (non-hydrogen) atoms. The van der Waals surface area contributed by atoms with E-state index in [1.54, 1.807) is 6.92 Å². The number of carboxylic acids is 1. The summed E-state index contributed by atoms with van der Waals surface area (Å²) in [5, 5.41) is 14.7. The van der Waals surface area contributed by atoms with Gasteiger partial charge in [0.1, 0.15) is 0 Å². The number of carboxylic acid groups (broad SMARTS) is 1. The van der Waals surface area contributed by atoms with Gasteiger partial charge in [0.2, 0.25) is 0 Å². The van der Waals surface area contributed by atoms with E-state index in [1.165, 1.54) is 21.5 Å². The first-order valence-corrected chi connectivity index (χ1v) is 12.5. The van der Waals surface area contributed by atoms with Crippen LogP contribution in [0.2, 0.25) is 0 Å². The molecule has 0 bridgehead atoms. The fraction of sp³-hybridized carbons (Fsp3) is 0.0571. The van der Waals surface area contributed by atoms with Gasteiger partial charge in [-0.05, 0) is 67.4 Å². The lowest BCUT2D eigenvalue weighted by Crippen LogP contribution is -2.09. The Morgan fingerprint density at radius 3 is 1.49 bits per heavy atom. The molecule has 0 aliphatic heterocycles. The Morgan fingerprint density at radius 2 is 0.919 bits per heavy atom. The zero-order chi connectivity index (χ0) is 25.4. The third-order valence-electron chi connectivity index (χ3n) is 7.29. The molecule has 178 valence electrons. The topological polar surface area (TPSA) is 37.3 Å². The quantitative estimate of drug-likeness (QED) is 0.268. The van der Waals surface area contributed by atoms with Gasteiger partial charge in [-0.3, -0.25) is 4.79 Å². The van der Waals surface area contributed by atoms with Gasteiger partial charge >= 0.3 is 5.97 Å². The summed E-state index contributed by atoms with van der Waals surface area (Å²) in [6.07, 6.45) is 0. The van der Waals surface area contributed by atoms with Gasteiger partial charge in [-0.1, -0.05) is 127 Å². The number of benzene rings is 6. The SMILES string of the molecule is CC(C(=O)O)c1ccccc1-c1c(-c2cccc3ccccc23)cccc1-c1cccc2ccccc12. The van der Waals surface area contributed by atoms with Gasteiger partial charge < -0.3 is 5.11 Å². The van der Waals surface area contributed by atoms with Crippen LogP contribution in [0.15, 0.2) is 127 Å². The van der Waals surface area contributed by atoms with Crippen LogP contribution >= 0.6 is 0 Å². The van der Waals surface area contributed by atoms with Crippen LogP contribution in [0.3, 0.4) is 0 Å². The van der Waals surface area contributed by atoms with Crippen molar-refractivity contribution in [3.63, 3.8) is 0 Å². The minimum absolute atomic E-state index is 0.642. The van der Waals surface area contributed by atoms with E-state index in [-0.39, 0.29) is 0 Å². The number of rotatable bonds is 5. The van der Waals surface area contributed by atoms with Crippen LogP contribution in [0, 0.1) is 0 Å². The minimum atomic E-state index is -0.832. The molecule has 6 aromatic carbocycles. The van der Waals surface area contributed by atoms with Crippen molar-refractivity contribution in [1.29, 1.82) is 0 Å². The van der Waals surface area contributed by atoms with Crippen LogP contribution in [0.4, 0.5) is 0 Å². The molecular formula is C35H26O2. The van der Waals surface area contributed by atoms with Crippen LogP contribution in [-0.4, -0.2) is 11.1 Å². The van der Waals surface area contributed by atoms with Crippen molar-refractivity contribution in [2.24, 2.45) is 0 Å². The first-order chi connectivity index (χ1) is 18.1. The van der Waals surface area contributed by atoms with E-state index in [0.717, 1.165) is 38.9 Å². The predicted octanol–water partition coefficient (Wildman–Crippen LogP) is 9.18. The highest BCUT2D eigenvalue weighted by molar-refractivity contribution is 6.07. The van der Waals surface area contributed by atoms with Gasteiger partial charge in [-0.25, -0.2) is 0 Å². The third kappa shape index (κ3) is 3.97. The molecule has 1 atom stereocenters. The molecule has 0 radical (unpaired) electrons. The molecular weight excluding hydrogens is 452 g/mol. The molecule has 0 aromatic heterocycles. The summed E-state index contributed by atoms with van der Waals surface area (Å²) >= 11 is 0. The summed E-state index contributed by atoms with van der Waals surface area (Å²) in [5.74, 6) is -1.47. The molecule has 6 rings (SSSR count). The highest BCUT2D eigenvalue weighted by Gasteiger charge is 2.23. The van der Waals surface area contributed by atoms with Crippen LogP contribution < -0.4 is 0 Å². The standard InChI is InChI=1S/C35H26O2/c1-23(35(36)37)26-15-6-7-18-31(26)34-32(29-19-8-13-24-11-2-4-16-27(24)29)21-10-22-33(34)30-20-9-14-25-12-3-5-17-28(25)30/h2-23H,1H3,(H,36,37). The fourth-order valence-corrected chi connectivity index (χ4v) is 5.45. The maximum atomic E-state index is 12.1. The van der Waals surface area contributed by atoms with E-state index < -0.39 is 11.9 Å². The number of aliphatic carboxylic acids is 1. The lowest BCUT2D eigenvalue weighted by molar-refractivity contribution is -0.138. The molecule has 1 unspecified atom stereocenters. The van der Waals surface area contributed by atoms with Gasteiger partial charge in [-0.2, -0.15) is 0 Å². The van der Waals surface area contributed by atoms with Crippen LogP contribution in [0.5, 0.6) is 0 Å². The van der Waals surface area contributed by atoms with E-state index in [0.29, 0.717) is 0 Å². The van der Waals surface area contributed by atoms with Gasteiger partial charge in [-0.15, -0.1) is 0 Å². The van der Waals surface area contributed by atoms with Crippen molar-refractivity contribution in [2.75, 3.05) is 0 Å². The fourth-order valence-electron chi connectivity index (χ4n) is 5.45. The Balaban J connectivity index is 1.75.